The minimum absolute atomic E-state index is 0.0333. The highest BCUT2D eigenvalue weighted by molar-refractivity contribution is 5.92. The van der Waals surface area contributed by atoms with Gasteiger partial charge in [0.05, 0.1) is 0 Å². The van der Waals surface area contributed by atoms with Crippen molar-refractivity contribution >= 4 is 5.91 Å². The van der Waals surface area contributed by atoms with E-state index in [9.17, 15) is 4.79 Å². The van der Waals surface area contributed by atoms with Gasteiger partial charge in [-0.05, 0) is 44.6 Å². The third kappa shape index (κ3) is 3.07. The molecule has 1 aliphatic heterocycles. The van der Waals surface area contributed by atoms with Crippen molar-refractivity contribution in [2.24, 2.45) is 13.0 Å². The van der Waals surface area contributed by atoms with Gasteiger partial charge in [-0.1, -0.05) is 5.16 Å². The molecule has 2 fully saturated rings. The molecule has 3 heterocycles. The zero-order valence-electron chi connectivity index (χ0n) is 14.2. The van der Waals surface area contributed by atoms with Crippen molar-refractivity contribution in [3.8, 4) is 0 Å². The number of hydrogen-bond acceptors (Lipinski definition) is 5. The van der Waals surface area contributed by atoms with E-state index < -0.39 is 0 Å². The lowest BCUT2D eigenvalue weighted by Crippen LogP contribution is -2.39. The zero-order chi connectivity index (χ0) is 16.7. The van der Waals surface area contributed by atoms with Crippen molar-refractivity contribution in [2.45, 2.75) is 44.9 Å². The summed E-state index contributed by atoms with van der Waals surface area (Å²) in [5.74, 6) is 2.70. The van der Waals surface area contributed by atoms with Crippen LogP contribution in [0.4, 0.5) is 0 Å². The van der Waals surface area contributed by atoms with Gasteiger partial charge in [-0.3, -0.25) is 9.48 Å². The molecule has 1 amide bonds. The molecule has 0 radical (unpaired) electrons. The number of likely N-dealkylation sites (tertiary alicyclic amines) is 1. The van der Waals surface area contributed by atoms with Gasteiger partial charge < -0.3 is 9.42 Å². The van der Waals surface area contributed by atoms with Crippen LogP contribution in [0.3, 0.4) is 0 Å². The molecule has 1 saturated heterocycles. The fourth-order valence-electron chi connectivity index (χ4n) is 3.27. The quantitative estimate of drug-likeness (QED) is 0.858. The van der Waals surface area contributed by atoms with Gasteiger partial charge in [-0.2, -0.15) is 10.1 Å². The minimum Gasteiger partial charge on any atom is -0.339 e. The first kappa shape index (κ1) is 15.4. The lowest BCUT2D eigenvalue weighted by atomic mass is 9.93. The number of amides is 1. The van der Waals surface area contributed by atoms with Gasteiger partial charge in [0.2, 0.25) is 5.89 Å². The van der Waals surface area contributed by atoms with Crippen molar-refractivity contribution in [1.82, 2.24) is 24.8 Å². The Morgan fingerprint density at radius 3 is 2.67 bits per heavy atom. The topological polar surface area (TPSA) is 77.1 Å². The summed E-state index contributed by atoms with van der Waals surface area (Å²) >= 11 is 0. The largest absolute Gasteiger partial charge is 0.339 e. The maximum atomic E-state index is 12.5. The van der Waals surface area contributed by atoms with Crippen molar-refractivity contribution in [2.75, 3.05) is 13.1 Å². The first-order chi connectivity index (χ1) is 11.6. The number of carbonyl (C=O) groups excluding carboxylic acids is 1. The normalized spacial score (nSPS) is 19.0. The molecule has 0 aromatic carbocycles. The average Bonchev–Trinajstić information content (AvgIpc) is 3.24. The number of hydrogen-bond donors (Lipinski definition) is 0. The SMILES string of the molecule is Cc1cc(C(=O)N2CCC(Cc3nc(C4CC4)no3)CC2)nn1C. The molecule has 4 rings (SSSR count). The van der Waals surface area contributed by atoms with Gasteiger partial charge in [0.1, 0.15) is 0 Å². The van der Waals surface area contributed by atoms with E-state index in [4.69, 9.17) is 4.52 Å². The predicted molar refractivity (Wildman–Crippen MR) is 86.5 cm³/mol. The summed E-state index contributed by atoms with van der Waals surface area (Å²) in [6.07, 6.45) is 5.14. The molecule has 0 spiro atoms. The van der Waals surface area contributed by atoms with Crippen LogP contribution in [-0.2, 0) is 13.5 Å². The highest BCUT2D eigenvalue weighted by atomic mass is 16.5. The molecular formula is C17H23N5O2. The Kier molecular flexibility index (Phi) is 3.86. The molecule has 2 aromatic rings. The summed E-state index contributed by atoms with van der Waals surface area (Å²) in [5, 5.41) is 8.37. The maximum absolute atomic E-state index is 12.5. The van der Waals surface area contributed by atoms with Gasteiger partial charge in [0.15, 0.2) is 11.5 Å². The molecule has 2 aliphatic rings. The van der Waals surface area contributed by atoms with Crippen LogP contribution in [-0.4, -0.2) is 43.8 Å². The van der Waals surface area contributed by atoms with Crippen LogP contribution in [0.5, 0.6) is 0 Å². The predicted octanol–water partition coefficient (Wildman–Crippen LogP) is 2.08. The van der Waals surface area contributed by atoms with E-state index in [1.807, 2.05) is 24.9 Å². The molecule has 0 atom stereocenters. The lowest BCUT2D eigenvalue weighted by molar-refractivity contribution is 0.0680. The van der Waals surface area contributed by atoms with E-state index in [2.05, 4.69) is 15.2 Å². The minimum atomic E-state index is 0.0333. The summed E-state index contributed by atoms with van der Waals surface area (Å²) in [6, 6.07) is 1.85. The molecule has 0 N–H and O–H groups in total. The zero-order valence-corrected chi connectivity index (χ0v) is 14.2. The first-order valence-corrected chi connectivity index (χ1v) is 8.72. The molecule has 1 saturated carbocycles. The standard InChI is InChI=1S/C17H23N5O2/c1-11-9-14(19-21(11)2)17(23)22-7-5-12(6-8-22)10-15-18-16(20-24-15)13-3-4-13/h9,12-13H,3-8,10H2,1-2H3. The third-order valence-corrected chi connectivity index (χ3v) is 5.12. The second kappa shape index (κ2) is 6.03. The molecule has 2 aromatic heterocycles. The summed E-state index contributed by atoms with van der Waals surface area (Å²) in [4.78, 5) is 18.9. The number of piperidine rings is 1. The van der Waals surface area contributed by atoms with Crippen molar-refractivity contribution in [1.29, 1.82) is 0 Å². The first-order valence-electron chi connectivity index (χ1n) is 8.72. The van der Waals surface area contributed by atoms with Gasteiger partial charge in [-0.25, -0.2) is 0 Å². The maximum Gasteiger partial charge on any atom is 0.274 e. The van der Waals surface area contributed by atoms with E-state index in [0.717, 1.165) is 49.8 Å². The summed E-state index contributed by atoms with van der Waals surface area (Å²) in [6.45, 7) is 3.49. The average molecular weight is 329 g/mol. The second-order valence-corrected chi connectivity index (χ2v) is 7.05. The van der Waals surface area contributed by atoms with E-state index in [1.54, 1.807) is 4.68 Å². The lowest BCUT2D eigenvalue weighted by Gasteiger charge is -2.30. The Bertz CT molecular complexity index is 718. The third-order valence-electron chi connectivity index (χ3n) is 5.12. The van der Waals surface area contributed by atoms with E-state index in [-0.39, 0.29) is 5.91 Å². The van der Waals surface area contributed by atoms with Crippen molar-refractivity contribution < 1.29 is 9.32 Å². The summed E-state index contributed by atoms with van der Waals surface area (Å²) in [7, 11) is 1.86. The number of rotatable bonds is 4. The summed E-state index contributed by atoms with van der Waals surface area (Å²) < 4.78 is 7.12. The molecule has 7 nitrogen and oxygen atoms in total. The van der Waals surface area contributed by atoms with Crippen LogP contribution in [0.1, 0.15) is 59.5 Å². The number of nitrogens with zero attached hydrogens (tertiary/aromatic N) is 5. The van der Waals surface area contributed by atoms with E-state index in [1.165, 1.54) is 12.8 Å². The van der Waals surface area contributed by atoms with Crippen LogP contribution in [0.15, 0.2) is 10.6 Å². The van der Waals surface area contributed by atoms with E-state index >= 15 is 0 Å². The fraction of sp³-hybridized carbons (Fsp3) is 0.647. The highest BCUT2D eigenvalue weighted by Gasteiger charge is 2.30. The Morgan fingerprint density at radius 1 is 1.29 bits per heavy atom. The van der Waals surface area contributed by atoms with Gasteiger partial charge >= 0.3 is 0 Å². The number of aromatic nitrogens is 4. The van der Waals surface area contributed by atoms with E-state index in [0.29, 0.717) is 17.5 Å². The Labute approximate surface area is 141 Å². The molecule has 24 heavy (non-hydrogen) atoms. The van der Waals surface area contributed by atoms with Crippen molar-refractivity contribution in [3.05, 3.63) is 29.2 Å². The number of aryl methyl sites for hydroxylation is 2. The smallest absolute Gasteiger partial charge is 0.274 e. The molecular weight excluding hydrogens is 306 g/mol. The van der Waals surface area contributed by atoms with Gasteiger partial charge in [-0.15, -0.1) is 0 Å². The van der Waals surface area contributed by atoms with Crippen LogP contribution in [0.2, 0.25) is 0 Å². The van der Waals surface area contributed by atoms with Crippen molar-refractivity contribution in [3.63, 3.8) is 0 Å². The highest BCUT2D eigenvalue weighted by Crippen LogP contribution is 2.38. The Hall–Kier alpha value is -2.18. The molecule has 128 valence electrons. The summed E-state index contributed by atoms with van der Waals surface area (Å²) in [5.41, 5.74) is 1.54. The van der Waals surface area contributed by atoms with Crippen LogP contribution >= 0.6 is 0 Å². The van der Waals surface area contributed by atoms with Gasteiger partial charge in [0, 0.05) is 38.2 Å². The molecule has 7 heteroatoms. The van der Waals surface area contributed by atoms with Crippen LogP contribution < -0.4 is 0 Å². The monoisotopic (exact) mass is 329 g/mol. The number of carbonyl (C=O) groups is 1. The fourth-order valence-corrected chi connectivity index (χ4v) is 3.27. The van der Waals surface area contributed by atoms with Crippen LogP contribution in [0.25, 0.3) is 0 Å². The van der Waals surface area contributed by atoms with Gasteiger partial charge in [0.25, 0.3) is 5.91 Å². The Morgan fingerprint density at radius 2 is 2.04 bits per heavy atom. The van der Waals surface area contributed by atoms with Crippen LogP contribution in [0, 0.1) is 12.8 Å². The Balaban J connectivity index is 1.31. The molecule has 1 aliphatic carbocycles. The molecule has 0 unspecified atom stereocenters. The molecule has 0 bridgehead atoms. The second-order valence-electron chi connectivity index (χ2n) is 7.05.